The molecule has 1 aromatic heterocycles. The smallest absolute Gasteiger partial charge is 0.208 e. The number of imidazole rings is 1. The maximum absolute atomic E-state index is 12.2. The summed E-state index contributed by atoms with van der Waals surface area (Å²) in [6.07, 6.45) is 0. The van der Waals surface area contributed by atoms with E-state index < -0.39 is 10.8 Å². The first-order valence-corrected chi connectivity index (χ1v) is 16.2. The van der Waals surface area contributed by atoms with Crippen LogP contribution in [0.3, 0.4) is 0 Å². The Bertz CT molecular complexity index is 1950. The topological polar surface area (TPSA) is 150 Å². The highest BCUT2D eigenvalue weighted by Gasteiger charge is 2.33. The molecule has 1 heterocycles. The molecule has 0 amide bonds. The molecule has 0 aliphatic carbocycles. The molecule has 13 heteroatoms. The van der Waals surface area contributed by atoms with E-state index in [9.17, 15) is 20.1 Å². The summed E-state index contributed by atoms with van der Waals surface area (Å²) in [7, 11) is 3.49. The Hall–Kier alpha value is -3.61. The number of carbonyl (C=O) groups excluding carboxylic acids is 2. The lowest BCUT2D eigenvalue weighted by molar-refractivity contribution is -0.122. The quantitative estimate of drug-likeness (QED) is 0.157. The van der Waals surface area contributed by atoms with Crippen LogP contribution >= 0.6 is 55.1 Å². The molecule has 4 aromatic rings. The number of aryl methyl sites for hydroxylation is 1. The summed E-state index contributed by atoms with van der Waals surface area (Å²) in [6, 6.07) is 13.1. The van der Waals surface area contributed by atoms with Crippen LogP contribution in [0.1, 0.15) is 63.8 Å². The lowest BCUT2D eigenvalue weighted by Gasteiger charge is -2.25. The zero-order valence-corrected chi connectivity index (χ0v) is 31.3. The molecule has 9 nitrogen and oxygen atoms in total. The van der Waals surface area contributed by atoms with Gasteiger partial charge in [-0.3, -0.25) is 9.59 Å². The van der Waals surface area contributed by atoms with Gasteiger partial charge in [0.05, 0.1) is 43.8 Å². The highest BCUT2D eigenvalue weighted by Crippen LogP contribution is 2.40. The van der Waals surface area contributed by atoms with Crippen molar-refractivity contribution in [1.29, 1.82) is 10.5 Å². The third-order valence-corrected chi connectivity index (χ3v) is 10.1. The van der Waals surface area contributed by atoms with Gasteiger partial charge in [0, 0.05) is 33.9 Å². The van der Waals surface area contributed by atoms with E-state index in [1.54, 1.807) is 62.8 Å². The molecule has 0 atom stereocenters. The number of anilines is 4. The molecule has 4 N–H and O–H groups in total. The minimum Gasteiger partial charge on any atom is -0.396 e. The van der Waals surface area contributed by atoms with Crippen LogP contribution in [0.15, 0.2) is 39.3 Å². The van der Waals surface area contributed by atoms with Gasteiger partial charge in [-0.05, 0) is 109 Å². The van der Waals surface area contributed by atoms with E-state index in [4.69, 9.17) is 28.9 Å². The van der Waals surface area contributed by atoms with Gasteiger partial charge in [0.2, 0.25) is 5.95 Å². The first-order valence-electron chi connectivity index (χ1n) is 13.9. The van der Waals surface area contributed by atoms with E-state index in [-0.39, 0.29) is 11.6 Å². The van der Waals surface area contributed by atoms with Gasteiger partial charge >= 0.3 is 0 Å². The summed E-state index contributed by atoms with van der Waals surface area (Å²) in [5.74, 6) is 0.441. The van der Waals surface area contributed by atoms with Gasteiger partial charge in [0.1, 0.15) is 29.2 Å². The van der Waals surface area contributed by atoms with Crippen LogP contribution in [0.4, 0.5) is 23.0 Å². The normalized spacial score (nSPS) is 11.3. The fourth-order valence-electron chi connectivity index (χ4n) is 4.71. The lowest BCUT2D eigenvalue weighted by Crippen LogP contribution is -2.28. The Morgan fingerprint density at radius 3 is 1.85 bits per heavy atom. The lowest BCUT2D eigenvalue weighted by atomic mass is 9.78. The van der Waals surface area contributed by atoms with Crippen LogP contribution in [0.25, 0.3) is 11.0 Å². The number of para-hydroxylation sites is 1. The molecule has 240 valence electrons. The summed E-state index contributed by atoms with van der Waals surface area (Å²) in [5.41, 5.74) is 9.28. The Morgan fingerprint density at radius 1 is 0.913 bits per heavy atom. The highest BCUT2D eigenvalue weighted by molar-refractivity contribution is 9.11. The van der Waals surface area contributed by atoms with E-state index in [1.165, 1.54) is 13.8 Å². The minimum absolute atomic E-state index is 0.00211. The SMILES string of the molecule is CC(=O)C(C)(C)c1cc(Br)c2nc(Nc3c(Cl)cccc3Cl)n(C)c2c1C#N.CNc1c(N)c(Br)cc(C(C)(C)C(C)=O)c1C#N. The molecule has 0 bridgehead atoms. The summed E-state index contributed by atoms with van der Waals surface area (Å²) in [5, 5.41) is 26.2. The van der Waals surface area contributed by atoms with Crippen molar-refractivity contribution in [2.75, 3.05) is 23.4 Å². The van der Waals surface area contributed by atoms with E-state index >= 15 is 0 Å². The molecule has 0 aliphatic rings. The number of nitrogens with zero attached hydrogens (tertiary/aromatic N) is 4. The summed E-state index contributed by atoms with van der Waals surface area (Å²) < 4.78 is 3.13. The number of nitrogen functional groups attached to an aromatic ring is 1. The van der Waals surface area contributed by atoms with Gasteiger partial charge in [-0.1, -0.05) is 29.3 Å². The van der Waals surface area contributed by atoms with Crippen LogP contribution < -0.4 is 16.4 Å². The number of aromatic nitrogens is 2. The number of Topliss-reactive ketones (excluding diaryl/α,β-unsaturated/α-hetero) is 2. The van der Waals surface area contributed by atoms with Crippen molar-refractivity contribution in [2.24, 2.45) is 7.05 Å². The van der Waals surface area contributed by atoms with E-state index in [0.29, 0.717) is 75.3 Å². The predicted octanol–water partition coefficient (Wildman–Crippen LogP) is 8.94. The maximum atomic E-state index is 12.2. The molecule has 46 heavy (non-hydrogen) atoms. The van der Waals surface area contributed by atoms with Crippen molar-refractivity contribution in [2.45, 2.75) is 52.4 Å². The van der Waals surface area contributed by atoms with Gasteiger partial charge in [-0.15, -0.1) is 0 Å². The number of nitriles is 2. The number of nitrogens with two attached hydrogens (primary N) is 1. The Morgan fingerprint density at radius 2 is 1.39 bits per heavy atom. The average Bonchev–Trinajstić information content (AvgIpc) is 3.32. The van der Waals surface area contributed by atoms with E-state index in [2.05, 4.69) is 59.6 Å². The second kappa shape index (κ2) is 14.0. The predicted molar refractivity (Wildman–Crippen MR) is 193 cm³/mol. The monoisotopic (exact) mass is 787 g/mol. The largest absolute Gasteiger partial charge is 0.396 e. The number of ketones is 2. The van der Waals surface area contributed by atoms with Crippen LogP contribution in [-0.2, 0) is 27.5 Å². The van der Waals surface area contributed by atoms with Gasteiger partial charge in [0.15, 0.2) is 0 Å². The Balaban J connectivity index is 0.000000277. The second-order valence-electron chi connectivity index (χ2n) is 11.6. The molecule has 3 aromatic carbocycles. The number of benzene rings is 3. The number of carbonyl (C=O) groups is 2. The number of hydrogen-bond acceptors (Lipinski definition) is 8. The zero-order valence-electron chi connectivity index (χ0n) is 26.6. The number of nitrogens with one attached hydrogen (secondary N) is 2. The molecule has 0 aliphatic heterocycles. The van der Waals surface area contributed by atoms with Crippen molar-refractivity contribution < 1.29 is 9.59 Å². The fourth-order valence-corrected chi connectivity index (χ4v) is 6.13. The first kappa shape index (κ1) is 36.9. The first-order chi connectivity index (χ1) is 21.4. The summed E-state index contributed by atoms with van der Waals surface area (Å²) >= 11 is 19.4. The highest BCUT2D eigenvalue weighted by atomic mass is 79.9. The standard InChI is InChI=1S/C20H17BrCl2N4O.C13H16BrN3O/c1-10(28)20(2,3)12-8-13(21)16-18(11(12)9-24)27(4)19(25-16)26-17-14(22)6-5-7-15(17)23;1-7(18)13(2,3)9-5-10(14)11(16)12(17-4)8(9)6-15/h5-8H,1-4H3,(H,25,26);5,17H,16H2,1-4H3. The average molecular weight is 790 g/mol. The molecule has 0 unspecified atom stereocenters. The number of hydrogen-bond donors (Lipinski definition) is 3. The van der Waals surface area contributed by atoms with Crippen molar-refractivity contribution in [3.05, 3.63) is 71.6 Å². The molecular formula is C33H33Br2Cl2N7O2. The molecular weight excluding hydrogens is 757 g/mol. The van der Waals surface area contributed by atoms with Crippen molar-refractivity contribution >= 4 is 101 Å². The Kier molecular flexibility index (Phi) is 11.2. The van der Waals surface area contributed by atoms with Gasteiger partial charge in [0.25, 0.3) is 0 Å². The Labute approximate surface area is 295 Å². The van der Waals surface area contributed by atoms with Crippen molar-refractivity contribution in [3.63, 3.8) is 0 Å². The van der Waals surface area contributed by atoms with Gasteiger partial charge < -0.3 is 20.9 Å². The minimum atomic E-state index is -0.814. The van der Waals surface area contributed by atoms with E-state index in [1.807, 2.05) is 13.8 Å². The second-order valence-corrected chi connectivity index (χ2v) is 14.1. The van der Waals surface area contributed by atoms with Crippen molar-refractivity contribution in [1.82, 2.24) is 9.55 Å². The van der Waals surface area contributed by atoms with Crippen LogP contribution in [0, 0.1) is 22.7 Å². The number of halogens is 4. The van der Waals surface area contributed by atoms with Gasteiger partial charge in [-0.2, -0.15) is 10.5 Å². The third-order valence-electron chi connectivity index (χ3n) is 8.20. The summed E-state index contributed by atoms with van der Waals surface area (Å²) in [4.78, 5) is 28.6. The number of rotatable bonds is 7. The van der Waals surface area contributed by atoms with Crippen LogP contribution in [0.5, 0.6) is 0 Å². The van der Waals surface area contributed by atoms with E-state index in [0.717, 1.165) is 0 Å². The molecule has 0 radical (unpaired) electrons. The summed E-state index contributed by atoms with van der Waals surface area (Å²) in [6.45, 7) is 10.3. The molecule has 0 fully saturated rings. The zero-order chi connectivity index (χ0) is 34.9. The molecule has 0 saturated carbocycles. The third kappa shape index (κ3) is 6.74. The fraction of sp³-hybridized carbons (Fsp3) is 0.303. The van der Waals surface area contributed by atoms with Gasteiger partial charge in [-0.25, -0.2) is 4.98 Å². The van der Waals surface area contributed by atoms with Crippen LogP contribution in [0.2, 0.25) is 10.0 Å². The van der Waals surface area contributed by atoms with Crippen LogP contribution in [-0.4, -0.2) is 28.2 Å². The molecule has 0 spiro atoms. The number of fused-ring (bicyclic) bond motifs is 1. The maximum Gasteiger partial charge on any atom is 0.208 e. The van der Waals surface area contributed by atoms with Crippen molar-refractivity contribution in [3.8, 4) is 12.1 Å². The molecule has 4 rings (SSSR count). The molecule has 0 saturated heterocycles.